The molecule has 16 aromatic rings. The quantitative estimate of drug-likeness (QED) is 0.0674. The molecule has 12 nitrogen and oxygen atoms in total. The molecule has 667 valence electrons. The zero-order valence-electron chi connectivity index (χ0n) is 112. The Hall–Kier alpha value is -11.0. The molecule has 0 spiro atoms. The fraction of sp³-hybridized carbons (Fsp3) is 0.283. The van der Waals surface area contributed by atoms with E-state index in [1.165, 1.54) is 36.7 Å². The number of fused-ring (bicyclic) bond motifs is 9. The van der Waals surface area contributed by atoms with Crippen LogP contribution in [0.25, 0.3) is 123 Å². The number of hydrogen-bond acceptors (Lipinski definition) is 12. The monoisotopic (exact) mass is 2270 g/mol. The summed E-state index contributed by atoms with van der Waals surface area (Å²) in [6.45, 7) is -4.99. The van der Waals surface area contributed by atoms with Gasteiger partial charge in [-0.15, -0.1) is 173 Å². The zero-order chi connectivity index (χ0) is 123. The summed E-state index contributed by atoms with van der Waals surface area (Å²) < 4.78 is 326. The third-order valence-corrected chi connectivity index (χ3v) is 19.5. The van der Waals surface area contributed by atoms with E-state index in [0.717, 1.165) is 90.9 Å². The first-order chi connectivity index (χ1) is 75.0. The van der Waals surface area contributed by atoms with Crippen molar-refractivity contribution in [1.82, 2.24) is 34.9 Å². The van der Waals surface area contributed by atoms with E-state index in [9.17, 15) is 0 Å². The van der Waals surface area contributed by atoms with Gasteiger partial charge in [0.2, 0.25) is 17.1 Å². The van der Waals surface area contributed by atoms with Gasteiger partial charge in [0.1, 0.15) is 0 Å². The summed E-state index contributed by atoms with van der Waals surface area (Å²) in [5.74, 6) is -10.2. The SMILES string of the molecule is [2H]C([2H])([2H])/C=C(/C=N/C(=C\C)c1[c-]cc(C([2H])([2H])[2H])c2c1oc1nc(C)cc(C([2H])(C)C)c12)C([2H])(C)C([2H])([2H])[2H].[2H]C([2H])([2H])/C=C(/C=N/C(=C\C)c1[c-]cc(C([2H])([2H])[2H])c2c1oc1nc(C)cc(C([2H])(C)C)c12)C([2H])(C)C([2H])([2H])[2H].[2H]C([2H])([2H])c1cc(-c2[c-]cc(C([2H])([2H])[2H])c3c2oc2nc(C)cc(C([2H])(C)C)c23)ncc1C([2H])(C)C([2H])([2H])[2H].[2H]C([2H])([2H])c1ccc(-c2[c-]cccc2)nc1.[2H]C([2H])([2H])c1cnc(-c2[c-]cccc2)cc1C.[Ir].[Ir].[Ir].[c-]1ccccc1-c1ccccn1. The molecular weight excluding hydrogens is 2110 g/mol. The number of hydrogen-bond donors (Lipinski definition) is 0. The van der Waals surface area contributed by atoms with Crippen molar-refractivity contribution in [2.75, 3.05) is 0 Å². The second-order valence-electron chi connectivity index (χ2n) is 29.5. The number of nitrogens with zero attached hydrogens (tertiary/aromatic N) is 9. The second-order valence-corrected chi connectivity index (χ2v) is 29.5. The Kier molecular flexibility index (Phi) is 21.9. The van der Waals surface area contributed by atoms with Crippen molar-refractivity contribution in [3.63, 3.8) is 0 Å². The average Bonchev–Trinajstić information content (AvgIpc) is 1.59. The number of aromatic nitrogens is 7. The van der Waals surface area contributed by atoms with E-state index >= 15 is 0 Å². The minimum absolute atomic E-state index is 0. The maximum Gasteiger partial charge on any atom is 0.216 e. The summed E-state index contributed by atoms with van der Waals surface area (Å²) >= 11 is 0. The fourth-order valence-corrected chi connectivity index (χ4v) is 13.2. The van der Waals surface area contributed by atoms with Gasteiger partial charge < -0.3 is 43.2 Å². The number of aryl methyl sites for hydroxylation is 10. The number of allylic oxidation sites excluding steroid dienone is 6. The third-order valence-electron chi connectivity index (χ3n) is 19.5. The molecule has 6 aromatic carbocycles. The molecule has 128 heavy (non-hydrogen) atoms. The molecule has 0 saturated heterocycles. The van der Waals surface area contributed by atoms with Crippen LogP contribution in [0.4, 0.5) is 0 Å². The summed E-state index contributed by atoms with van der Waals surface area (Å²) in [7, 11) is 0. The second kappa shape index (κ2) is 47.4. The Morgan fingerprint density at radius 1 is 0.383 bits per heavy atom. The van der Waals surface area contributed by atoms with Crippen LogP contribution in [-0.2, 0) is 60.3 Å². The minimum atomic E-state index is -2.85. The van der Waals surface area contributed by atoms with Gasteiger partial charge in [0, 0.05) is 184 Å². The van der Waals surface area contributed by atoms with Crippen molar-refractivity contribution in [3.8, 4) is 45.0 Å². The molecule has 0 amide bonds. The van der Waals surface area contributed by atoms with Gasteiger partial charge in [0.15, 0.2) is 0 Å². The Bertz CT molecular complexity index is 8080. The van der Waals surface area contributed by atoms with Crippen molar-refractivity contribution >= 4 is 90.0 Å². The number of rotatable bonds is 16. The van der Waals surface area contributed by atoms with Gasteiger partial charge in [-0.1, -0.05) is 210 Å². The van der Waals surface area contributed by atoms with Crippen molar-refractivity contribution in [2.24, 2.45) is 21.8 Å². The molecule has 0 fully saturated rings. The van der Waals surface area contributed by atoms with E-state index in [1.54, 1.807) is 144 Å². The molecule has 0 aliphatic carbocycles. The summed E-state index contributed by atoms with van der Waals surface area (Å²) in [5, 5.41) is 1.76. The standard InChI is InChI=1S/2C26H31N2O.C25H27N2O.C13H12N.C12H10N.C11H8N.3Ir/c2*1-9-19(15(3)4)14-27-22(10-2)20-12-11-17(7)23-24-21(16(5)6)13-18(8)28-26(24)29-25(20)23;1-13(2)19-11-17(7)27-25-23(19)22-15(5)8-9-18(24(22)28-25)21-10-16(6)20(12-26-21)14(3)4;1-10-8-13(14-9-11(10)2)12-6-4-3-5-7-12;1-10-7-8-12(13-9-10)11-5-3-2-4-6-11;1-2-6-10(7-3-1)11-8-4-5-9-12-11;;;/h2*9-11,13-16H,1-8H3;8,10-14H,1-7H3;3-6,8-9H,1-2H3;2-5,7-9H,1H3;1-6,8-9H;;;/q6*-1;;;/b2*19-9-,22-10-,27-14+;;;;;;;/i2*1D3,3D3,7D3,15D,16D;3D3,5D3,6D3,13D,14D;2D3;1D3;;;;. The minimum Gasteiger partial charge on any atom is -0.486 e. The van der Waals surface area contributed by atoms with Crippen molar-refractivity contribution < 1.29 is 127 Å². The van der Waals surface area contributed by atoms with Crippen molar-refractivity contribution in [3.05, 3.63) is 338 Å². The molecule has 3 atom stereocenters. The van der Waals surface area contributed by atoms with E-state index < -0.39 is 111 Å². The average molecular weight is 2270 g/mol. The summed E-state index contributed by atoms with van der Waals surface area (Å²) in [5.41, 5.74) is 9.83. The Labute approximate surface area is 855 Å². The molecule has 0 aliphatic heterocycles. The van der Waals surface area contributed by atoms with Gasteiger partial charge in [-0.3, -0.25) is 0 Å². The number of aliphatic imine (C=N–C) groups is 2. The first kappa shape index (κ1) is 59.3. The van der Waals surface area contributed by atoms with Gasteiger partial charge in [-0.05, 0) is 200 Å². The van der Waals surface area contributed by atoms with Crippen LogP contribution < -0.4 is 0 Å². The van der Waals surface area contributed by atoms with Crippen LogP contribution in [0.15, 0.2) is 235 Å². The third kappa shape index (κ3) is 24.7. The van der Waals surface area contributed by atoms with E-state index in [-0.39, 0.29) is 189 Å². The molecule has 0 N–H and O–H groups in total. The molecule has 10 heterocycles. The van der Waals surface area contributed by atoms with Crippen LogP contribution in [0, 0.1) is 117 Å². The maximum atomic E-state index is 8.69. The topological polar surface area (TPSA) is 154 Å². The van der Waals surface area contributed by atoms with Gasteiger partial charge in [0.05, 0.1) is 16.7 Å². The van der Waals surface area contributed by atoms with Crippen LogP contribution in [0.5, 0.6) is 0 Å². The zero-order valence-corrected chi connectivity index (χ0v) is 80.1. The van der Waals surface area contributed by atoms with Crippen LogP contribution in [-0.4, -0.2) is 47.3 Å². The Morgan fingerprint density at radius 3 is 1.20 bits per heavy atom. The van der Waals surface area contributed by atoms with Gasteiger partial charge in [-0.25, -0.2) is 15.0 Å². The predicted molar refractivity (Wildman–Crippen MR) is 525 cm³/mol. The van der Waals surface area contributed by atoms with E-state index in [4.69, 9.17) is 66.7 Å². The molecule has 0 saturated carbocycles. The van der Waals surface area contributed by atoms with Crippen molar-refractivity contribution in [2.45, 2.75) is 203 Å². The van der Waals surface area contributed by atoms with E-state index in [2.05, 4.69) is 81.3 Å². The number of furan rings is 3. The number of pyridine rings is 7. The van der Waals surface area contributed by atoms with E-state index in [0.29, 0.717) is 55.5 Å². The van der Waals surface area contributed by atoms with Crippen molar-refractivity contribution in [1.29, 1.82) is 0 Å². The predicted octanol–water partition coefficient (Wildman–Crippen LogP) is 30.7. The molecular formula is C113H119Ir3N9O3-6. The first-order valence-electron chi connectivity index (χ1n) is 59.1. The Morgan fingerprint density at radius 2 is 0.812 bits per heavy atom. The van der Waals surface area contributed by atoms with Crippen LogP contribution in [0.3, 0.4) is 0 Å². The number of benzene rings is 6. The summed E-state index contributed by atoms with van der Waals surface area (Å²) in [6, 6.07) is 61.8. The normalized spacial score (nSPS) is 19.1. The Balaban J connectivity index is 0.000000252. The first-order valence-corrected chi connectivity index (χ1v) is 39.6. The summed E-state index contributed by atoms with van der Waals surface area (Å²) in [6.07, 6.45) is 12.2. The smallest absolute Gasteiger partial charge is 0.216 e. The maximum absolute atomic E-state index is 8.69. The fourth-order valence-electron chi connectivity index (χ4n) is 13.2. The summed E-state index contributed by atoms with van der Waals surface area (Å²) in [4.78, 5) is 38.8. The molecule has 15 heteroatoms. The van der Waals surface area contributed by atoms with Gasteiger partial charge >= 0.3 is 0 Å². The molecule has 10 aromatic heterocycles. The molecule has 0 aliphatic rings. The molecule has 3 unspecified atom stereocenters. The molecule has 0 bridgehead atoms. The molecule has 16 rings (SSSR count). The largest absolute Gasteiger partial charge is 0.486 e. The van der Waals surface area contributed by atoms with Gasteiger partial charge in [-0.2, -0.15) is 0 Å². The van der Waals surface area contributed by atoms with Crippen LogP contribution in [0.1, 0.15) is 277 Å². The van der Waals surface area contributed by atoms with Gasteiger partial charge in [0.25, 0.3) is 0 Å². The van der Waals surface area contributed by atoms with E-state index in [1.807, 2.05) is 84.9 Å². The molecule has 3 radical (unpaired) electrons. The van der Waals surface area contributed by atoms with Crippen LogP contribution in [0.2, 0.25) is 0 Å². The van der Waals surface area contributed by atoms with Crippen LogP contribution >= 0.6 is 0 Å².